The van der Waals surface area contributed by atoms with Gasteiger partial charge in [-0.05, 0) is 37.1 Å². The van der Waals surface area contributed by atoms with Crippen LogP contribution in [0.15, 0.2) is 24.3 Å². The van der Waals surface area contributed by atoms with E-state index in [1.165, 1.54) is 5.56 Å². The van der Waals surface area contributed by atoms with E-state index in [1.807, 2.05) is 6.07 Å². The van der Waals surface area contributed by atoms with Crippen molar-refractivity contribution in [2.24, 2.45) is 5.73 Å². The molecule has 1 aliphatic heterocycles. The van der Waals surface area contributed by atoms with Crippen molar-refractivity contribution in [1.29, 1.82) is 0 Å². The molecule has 0 spiro atoms. The van der Waals surface area contributed by atoms with Gasteiger partial charge in [-0.1, -0.05) is 12.1 Å². The van der Waals surface area contributed by atoms with E-state index in [9.17, 15) is 0 Å². The molecule has 0 saturated carbocycles. The summed E-state index contributed by atoms with van der Waals surface area (Å²) in [5.41, 5.74) is 6.77. The number of unbranched alkanes of at least 4 members (excludes halogenated alkanes) is 1. The molecule has 1 aliphatic rings. The minimum atomic E-state index is 0. The van der Waals surface area contributed by atoms with Crippen LogP contribution in [0.1, 0.15) is 18.4 Å². The van der Waals surface area contributed by atoms with Gasteiger partial charge >= 0.3 is 0 Å². The maximum atomic E-state index is 5.74. The van der Waals surface area contributed by atoms with Gasteiger partial charge in [0, 0.05) is 19.6 Å². The molecule has 2 rings (SSSR count). The van der Waals surface area contributed by atoms with Crippen molar-refractivity contribution in [1.82, 2.24) is 4.90 Å². The Morgan fingerprint density at radius 3 is 2.62 bits per heavy atom. The first-order chi connectivity index (χ1) is 9.38. The molecule has 0 bridgehead atoms. The second-order valence-electron chi connectivity index (χ2n) is 4.88. The average Bonchev–Trinajstić information content (AvgIpc) is 2.45. The van der Waals surface area contributed by atoms with Gasteiger partial charge in [-0.2, -0.15) is 0 Å². The summed E-state index contributed by atoms with van der Waals surface area (Å²) in [6, 6.07) is 8.37. The summed E-state index contributed by atoms with van der Waals surface area (Å²) < 4.78 is 11.1. The number of halogens is 2. The van der Waals surface area contributed by atoms with Gasteiger partial charge in [0.25, 0.3) is 0 Å². The molecule has 1 aromatic rings. The number of morpholine rings is 1. The van der Waals surface area contributed by atoms with Gasteiger partial charge in [-0.3, -0.25) is 4.90 Å². The van der Waals surface area contributed by atoms with Gasteiger partial charge in [-0.25, -0.2) is 0 Å². The highest BCUT2D eigenvalue weighted by atomic mass is 35.5. The Balaban J connectivity index is 0.00000200. The lowest BCUT2D eigenvalue weighted by Crippen LogP contribution is -2.35. The number of ether oxygens (including phenoxy) is 2. The van der Waals surface area contributed by atoms with Gasteiger partial charge in [0.1, 0.15) is 5.75 Å². The van der Waals surface area contributed by atoms with E-state index in [-0.39, 0.29) is 24.8 Å². The van der Waals surface area contributed by atoms with Crippen LogP contribution in [0.5, 0.6) is 5.75 Å². The zero-order chi connectivity index (χ0) is 13.3. The first-order valence-electron chi connectivity index (χ1n) is 7.10. The predicted octanol–water partition coefficient (Wildman–Crippen LogP) is 2.48. The molecule has 21 heavy (non-hydrogen) atoms. The van der Waals surface area contributed by atoms with E-state index >= 15 is 0 Å². The van der Waals surface area contributed by atoms with Gasteiger partial charge in [0.05, 0.1) is 19.8 Å². The molecule has 0 unspecified atom stereocenters. The Morgan fingerprint density at radius 2 is 1.90 bits per heavy atom. The first kappa shape index (κ1) is 20.5. The Labute approximate surface area is 139 Å². The molecule has 122 valence electrons. The van der Waals surface area contributed by atoms with Gasteiger partial charge in [0.2, 0.25) is 0 Å². The van der Waals surface area contributed by atoms with Crippen LogP contribution in [0.4, 0.5) is 0 Å². The third kappa shape index (κ3) is 7.88. The quantitative estimate of drug-likeness (QED) is 0.777. The lowest BCUT2D eigenvalue weighted by molar-refractivity contribution is 0.0341. The van der Waals surface area contributed by atoms with Crippen molar-refractivity contribution in [3.8, 4) is 5.75 Å². The van der Waals surface area contributed by atoms with Crippen molar-refractivity contribution in [3.05, 3.63) is 29.8 Å². The number of rotatable bonds is 7. The minimum absolute atomic E-state index is 0. The molecule has 1 saturated heterocycles. The maximum Gasteiger partial charge on any atom is 0.119 e. The molecule has 1 heterocycles. The van der Waals surface area contributed by atoms with E-state index < -0.39 is 0 Å². The fourth-order valence-corrected chi connectivity index (χ4v) is 2.19. The summed E-state index contributed by atoms with van der Waals surface area (Å²) in [5, 5.41) is 0. The molecule has 2 N–H and O–H groups in total. The van der Waals surface area contributed by atoms with E-state index in [4.69, 9.17) is 15.2 Å². The SMILES string of the molecule is Cl.Cl.NCCCCOc1cccc(CN2CCOCC2)c1. The van der Waals surface area contributed by atoms with Crippen molar-refractivity contribution < 1.29 is 9.47 Å². The van der Waals surface area contributed by atoms with Crippen molar-refractivity contribution in [2.45, 2.75) is 19.4 Å². The maximum absolute atomic E-state index is 5.74. The summed E-state index contributed by atoms with van der Waals surface area (Å²) in [7, 11) is 0. The highest BCUT2D eigenvalue weighted by molar-refractivity contribution is 5.85. The molecule has 0 radical (unpaired) electrons. The Morgan fingerprint density at radius 1 is 1.14 bits per heavy atom. The topological polar surface area (TPSA) is 47.7 Å². The Kier molecular flexibility index (Phi) is 11.8. The van der Waals surface area contributed by atoms with Crippen LogP contribution >= 0.6 is 24.8 Å². The second-order valence-corrected chi connectivity index (χ2v) is 4.88. The molecule has 1 aromatic carbocycles. The molecular formula is C15H26Cl2N2O2. The molecule has 0 amide bonds. The van der Waals surface area contributed by atoms with E-state index in [0.29, 0.717) is 0 Å². The van der Waals surface area contributed by atoms with Crippen molar-refractivity contribution in [2.75, 3.05) is 39.5 Å². The summed E-state index contributed by atoms with van der Waals surface area (Å²) in [4.78, 5) is 2.41. The Hall–Kier alpha value is -0.520. The molecular weight excluding hydrogens is 311 g/mol. The standard InChI is InChI=1S/C15H24N2O2.2ClH/c16-6-1-2-9-19-15-5-3-4-14(12-15)13-17-7-10-18-11-8-17;;/h3-5,12H,1-2,6-11,13,16H2;2*1H. The van der Waals surface area contributed by atoms with Crippen LogP contribution in [0.25, 0.3) is 0 Å². The van der Waals surface area contributed by atoms with Crippen LogP contribution in [-0.4, -0.2) is 44.4 Å². The average molecular weight is 337 g/mol. The van der Waals surface area contributed by atoms with Gasteiger partial charge in [0.15, 0.2) is 0 Å². The van der Waals surface area contributed by atoms with Crippen LogP contribution in [-0.2, 0) is 11.3 Å². The number of nitrogens with zero attached hydrogens (tertiary/aromatic N) is 1. The summed E-state index contributed by atoms with van der Waals surface area (Å²) >= 11 is 0. The smallest absolute Gasteiger partial charge is 0.119 e. The lowest BCUT2D eigenvalue weighted by Gasteiger charge is -2.26. The Bertz CT molecular complexity index is 374. The summed E-state index contributed by atoms with van der Waals surface area (Å²) in [6.07, 6.45) is 2.04. The zero-order valence-corrected chi connectivity index (χ0v) is 14.0. The van der Waals surface area contributed by atoms with Crippen LogP contribution in [0.2, 0.25) is 0 Å². The number of hydrogen-bond acceptors (Lipinski definition) is 4. The van der Waals surface area contributed by atoms with Gasteiger partial charge < -0.3 is 15.2 Å². The van der Waals surface area contributed by atoms with Crippen LogP contribution in [0, 0.1) is 0 Å². The monoisotopic (exact) mass is 336 g/mol. The molecule has 4 nitrogen and oxygen atoms in total. The molecule has 0 aromatic heterocycles. The molecule has 0 aliphatic carbocycles. The third-order valence-electron chi connectivity index (χ3n) is 3.28. The zero-order valence-electron chi connectivity index (χ0n) is 12.3. The second kappa shape index (κ2) is 12.1. The van der Waals surface area contributed by atoms with Gasteiger partial charge in [-0.15, -0.1) is 24.8 Å². The molecule has 6 heteroatoms. The lowest BCUT2D eigenvalue weighted by atomic mass is 10.2. The van der Waals surface area contributed by atoms with Crippen LogP contribution in [0.3, 0.4) is 0 Å². The fourth-order valence-electron chi connectivity index (χ4n) is 2.19. The van der Waals surface area contributed by atoms with Crippen LogP contribution < -0.4 is 10.5 Å². The van der Waals surface area contributed by atoms with E-state index in [0.717, 1.165) is 64.6 Å². The highest BCUT2D eigenvalue weighted by Crippen LogP contribution is 2.16. The fraction of sp³-hybridized carbons (Fsp3) is 0.600. The van der Waals surface area contributed by atoms with Crippen molar-refractivity contribution in [3.63, 3.8) is 0 Å². The van der Waals surface area contributed by atoms with E-state index in [2.05, 4.69) is 23.1 Å². The molecule has 1 fully saturated rings. The predicted molar refractivity (Wildman–Crippen MR) is 90.8 cm³/mol. The summed E-state index contributed by atoms with van der Waals surface area (Å²) in [6.45, 7) is 6.18. The third-order valence-corrected chi connectivity index (χ3v) is 3.28. The largest absolute Gasteiger partial charge is 0.494 e. The summed E-state index contributed by atoms with van der Waals surface area (Å²) in [5.74, 6) is 0.961. The van der Waals surface area contributed by atoms with Crippen molar-refractivity contribution >= 4 is 24.8 Å². The first-order valence-corrected chi connectivity index (χ1v) is 7.10. The number of nitrogens with two attached hydrogens (primary N) is 1. The molecule has 0 atom stereocenters. The highest BCUT2D eigenvalue weighted by Gasteiger charge is 2.10. The number of benzene rings is 1. The van der Waals surface area contributed by atoms with E-state index in [1.54, 1.807) is 0 Å². The normalized spacial score (nSPS) is 14.9. The minimum Gasteiger partial charge on any atom is -0.494 e. The number of hydrogen-bond donors (Lipinski definition) is 1.